The van der Waals surface area contributed by atoms with E-state index in [9.17, 15) is 27.6 Å². The number of rotatable bonds is 9. The number of alkyl halides is 3. The number of halogens is 4. The zero-order valence-electron chi connectivity index (χ0n) is 20.6. The van der Waals surface area contributed by atoms with Crippen LogP contribution in [-0.4, -0.2) is 35.8 Å². The summed E-state index contributed by atoms with van der Waals surface area (Å²) in [7, 11) is 0. The molecule has 1 aliphatic carbocycles. The number of benzene rings is 2. The minimum atomic E-state index is -4.53. The van der Waals surface area contributed by atoms with Gasteiger partial charge in [-0.25, -0.2) is 4.99 Å². The zero-order valence-corrected chi connectivity index (χ0v) is 21.4. The lowest BCUT2D eigenvalue weighted by molar-refractivity contribution is -0.146. The molecule has 1 fully saturated rings. The van der Waals surface area contributed by atoms with Crippen molar-refractivity contribution < 1.29 is 27.6 Å². The Hall–Kier alpha value is -3.40. The summed E-state index contributed by atoms with van der Waals surface area (Å²) in [5.41, 5.74) is 8.31. The third kappa shape index (κ3) is 6.72. The molecular formula is C27H28ClF3N4O3. The van der Waals surface area contributed by atoms with E-state index in [4.69, 9.17) is 17.3 Å². The maximum atomic E-state index is 13.4. The number of nitrogens with two attached hydrogens (primary N) is 1. The number of carbonyl (C=O) groups is 3. The molecule has 11 heteroatoms. The van der Waals surface area contributed by atoms with Crippen molar-refractivity contribution in [3.05, 3.63) is 64.2 Å². The van der Waals surface area contributed by atoms with Crippen molar-refractivity contribution in [2.75, 3.05) is 5.32 Å². The van der Waals surface area contributed by atoms with Gasteiger partial charge >= 0.3 is 6.18 Å². The summed E-state index contributed by atoms with van der Waals surface area (Å²) < 4.78 is 39.3. The fraction of sp³-hybridized carbons (Fsp3) is 0.407. The molecular weight excluding hydrogens is 521 g/mol. The lowest BCUT2D eigenvalue weighted by Gasteiger charge is -2.26. The molecule has 1 heterocycles. The van der Waals surface area contributed by atoms with Gasteiger partial charge in [-0.3, -0.25) is 14.4 Å². The van der Waals surface area contributed by atoms with Gasteiger partial charge in [0.25, 0.3) is 5.91 Å². The number of hydrogen-bond donors (Lipinski definition) is 3. The highest BCUT2D eigenvalue weighted by Crippen LogP contribution is 2.39. The minimum Gasteiger partial charge on any atom is -0.369 e. The molecule has 38 heavy (non-hydrogen) atoms. The van der Waals surface area contributed by atoms with E-state index in [-0.39, 0.29) is 17.4 Å². The van der Waals surface area contributed by atoms with Crippen LogP contribution in [-0.2, 0) is 14.4 Å². The highest BCUT2D eigenvalue weighted by atomic mass is 35.5. The highest BCUT2D eigenvalue weighted by molar-refractivity contribution is 6.36. The zero-order chi connectivity index (χ0) is 27.6. The molecule has 0 spiro atoms. The first-order chi connectivity index (χ1) is 17.9. The monoisotopic (exact) mass is 548 g/mol. The Morgan fingerprint density at radius 1 is 1.18 bits per heavy atom. The van der Waals surface area contributed by atoms with Crippen molar-refractivity contribution in [3.63, 3.8) is 0 Å². The number of aryl methyl sites for hydroxylation is 1. The van der Waals surface area contributed by atoms with Gasteiger partial charge in [-0.05, 0) is 37.8 Å². The van der Waals surface area contributed by atoms with Crippen LogP contribution in [0.3, 0.4) is 0 Å². The third-order valence-electron chi connectivity index (χ3n) is 6.80. The Kier molecular flexibility index (Phi) is 8.10. The number of benzodiazepines with no additional fused rings is 1. The maximum Gasteiger partial charge on any atom is 0.389 e. The first-order valence-electron chi connectivity index (χ1n) is 12.3. The van der Waals surface area contributed by atoms with Gasteiger partial charge in [0.15, 0.2) is 0 Å². The predicted molar refractivity (Wildman–Crippen MR) is 138 cm³/mol. The molecule has 0 radical (unpaired) electrons. The molecule has 1 aliphatic heterocycles. The van der Waals surface area contributed by atoms with Crippen LogP contribution < -0.4 is 16.4 Å². The molecule has 3 amide bonds. The normalized spacial score (nSPS) is 18.9. The van der Waals surface area contributed by atoms with Crippen molar-refractivity contribution >= 4 is 40.7 Å². The van der Waals surface area contributed by atoms with Crippen molar-refractivity contribution in [3.8, 4) is 0 Å². The van der Waals surface area contributed by atoms with Gasteiger partial charge in [-0.1, -0.05) is 60.3 Å². The first kappa shape index (κ1) is 27.6. The number of nitrogens with one attached hydrogen (secondary N) is 2. The topological polar surface area (TPSA) is 114 Å². The number of primary amides is 1. The average molecular weight is 549 g/mol. The van der Waals surface area contributed by atoms with Gasteiger partial charge in [-0.15, -0.1) is 0 Å². The molecule has 0 bridgehead atoms. The summed E-state index contributed by atoms with van der Waals surface area (Å²) in [5, 5.41) is 5.42. The number of fused-ring (bicyclic) bond motifs is 1. The molecule has 0 unspecified atom stereocenters. The van der Waals surface area contributed by atoms with Gasteiger partial charge in [0, 0.05) is 29.4 Å². The van der Waals surface area contributed by atoms with E-state index in [1.807, 2.05) is 25.1 Å². The lowest BCUT2D eigenvalue weighted by Crippen LogP contribution is -2.48. The standard InChI is InChI=1S/C27H28ClF3N4O3/c1-14-4-2-5-16(12-14)21-18-6-3-7-20(28)22(18)34-26(38)24(33-21)35-25(37)17(10-11-27(29,30)31)19(23(32)36)13-15-8-9-15/h2-7,12,15,17,19,24H,8-11,13H2,1H3,(H2,32,36)(H,34,38)(H,35,37)/t17-,19+,24-/m1/s1. The summed E-state index contributed by atoms with van der Waals surface area (Å²) in [6.07, 6.45) is -6.04. The average Bonchev–Trinajstić information content (AvgIpc) is 3.66. The minimum absolute atomic E-state index is 0.137. The van der Waals surface area contributed by atoms with Crippen LogP contribution in [0.5, 0.6) is 0 Å². The molecule has 0 aromatic heterocycles. The van der Waals surface area contributed by atoms with E-state index in [1.54, 1.807) is 24.3 Å². The van der Waals surface area contributed by atoms with Gasteiger partial charge in [0.1, 0.15) is 0 Å². The summed E-state index contributed by atoms with van der Waals surface area (Å²) >= 11 is 6.37. The van der Waals surface area contributed by atoms with Gasteiger partial charge < -0.3 is 16.4 Å². The molecule has 4 rings (SSSR count). The van der Waals surface area contributed by atoms with Gasteiger partial charge in [0.05, 0.1) is 16.4 Å². The fourth-order valence-corrected chi connectivity index (χ4v) is 4.91. The Morgan fingerprint density at radius 2 is 1.89 bits per heavy atom. The second-order valence-corrected chi connectivity index (χ2v) is 10.3. The first-order valence-corrected chi connectivity index (χ1v) is 12.7. The van der Waals surface area contributed by atoms with Crippen LogP contribution in [0, 0.1) is 24.7 Å². The Morgan fingerprint density at radius 3 is 2.53 bits per heavy atom. The second-order valence-electron chi connectivity index (χ2n) is 9.86. The number of aliphatic imine (C=N–C) groups is 1. The number of para-hydroxylation sites is 1. The molecule has 7 nitrogen and oxygen atoms in total. The second kappa shape index (κ2) is 11.1. The molecule has 0 saturated heterocycles. The van der Waals surface area contributed by atoms with Crippen LogP contribution >= 0.6 is 11.6 Å². The predicted octanol–water partition coefficient (Wildman–Crippen LogP) is 4.74. The van der Waals surface area contributed by atoms with Crippen molar-refractivity contribution in [2.45, 2.75) is 51.4 Å². The van der Waals surface area contributed by atoms with Gasteiger partial charge in [-0.2, -0.15) is 13.2 Å². The molecule has 202 valence electrons. The van der Waals surface area contributed by atoms with Crippen molar-refractivity contribution in [1.82, 2.24) is 5.32 Å². The quantitative estimate of drug-likeness (QED) is 0.420. The summed E-state index contributed by atoms with van der Waals surface area (Å²) in [4.78, 5) is 43.4. The smallest absolute Gasteiger partial charge is 0.369 e. The molecule has 2 aromatic carbocycles. The molecule has 1 saturated carbocycles. The highest BCUT2D eigenvalue weighted by Gasteiger charge is 2.41. The van der Waals surface area contributed by atoms with E-state index in [0.29, 0.717) is 22.5 Å². The Bertz CT molecular complexity index is 1280. The fourth-order valence-electron chi connectivity index (χ4n) is 4.68. The maximum absolute atomic E-state index is 13.4. The largest absolute Gasteiger partial charge is 0.389 e. The van der Waals surface area contributed by atoms with E-state index >= 15 is 0 Å². The third-order valence-corrected chi connectivity index (χ3v) is 7.12. The lowest BCUT2D eigenvalue weighted by atomic mass is 9.83. The van der Waals surface area contributed by atoms with E-state index in [0.717, 1.165) is 18.4 Å². The van der Waals surface area contributed by atoms with Gasteiger partial charge in [0.2, 0.25) is 18.0 Å². The van der Waals surface area contributed by atoms with Crippen LogP contribution in [0.15, 0.2) is 47.5 Å². The SMILES string of the molecule is Cc1cccc(C2=N[C@H](NC(=O)[C@H](CCC(F)(F)F)[C@H](CC3CC3)C(N)=O)C(=O)Nc3c(Cl)cccc32)c1. The molecule has 4 N–H and O–H groups in total. The van der Waals surface area contributed by atoms with Crippen molar-refractivity contribution in [1.29, 1.82) is 0 Å². The van der Waals surface area contributed by atoms with E-state index < -0.39 is 54.7 Å². The number of hydrogen-bond acceptors (Lipinski definition) is 4. The number of amides is 3. The summed E-state index contributed by atoms with van der Waals surface area (Å²) in [6.45, 7) is 1.89. The molecule has 2 aromatic rings. The number of anilines is 1. The van der Waals surface area contributed by atoms with Crippen molar-refractivity contribution in [2.24, 2.45) is 28.5 Å². The number of carbonyl (C=O) groups excluding carboxylic acids is 3. The molecule has 2 aliphatic rings. The van der Waals surface area contributed by atoms with Crippen LogP contribution in [0.1, 0.15) is 48.8 Å². The van der Waals surface area contributed by atoms with E-state index in [2.05, 4.69) is 15.6 Å². The summed E-state index contributed by atoms with van der Waals surface area (Å²) in [5.74, 6) is -4.77. The van der Waals surface area contributed by atoms with Crippen LogP contribution in [0.4, 0.5) is 18.9 Å². The summed E-state index contributed by atoms with van der Waals surface area (Å²) in [6, 6.07) is 12.3. The molecule has 3 atom stereocenters. The van der Waals surface area contributed by atoms with E-state index in [1.165, 1.54) is 0 Å². The Labute approximate surface area is 223 Å². The Balaban J connectivity index is 1.69. The number of nitrogens with zero attached hydrogens (tertiary/aromatic N) is 1. The van der Waals surface area contributed by atoms with Crippen LogP contribution in [0.2, 0.25) is 5.02 Å². The van der Waals surface area contributed by atoms with Crippen LogP contribution in [0.25, 0.3) is 0 Å².